The zero-order valence-electron chi connectivity index (χ0n) is 15.8. The normalized spacial score (nSPS) is 17.8. The van der Waals surface area contributed by atoms with Crippen molar-refractivity contribution >= 4 is 23.3 Å². The molecule has 0 saturated heterocycles. The van der Waals surface area contributed by atoms with Gasteiger partial charge in [0.1, 0.15) is 11.8 Å². The van der Waals surface area contributed by atoms with E-state index in [9.17, 15) is 4.79 Å². The Morgan fingerprint density at radius 3 is 2.59 bits per heavy atom. The van der Waals surface area contributed by atoms with Gasteiger partial charge in [0, 0.05) is 12.8 Å². The van der Waals surface area contributed by atoms with Crippen LogP contribution in [-0.4, -0.2) is 49.5 Å². The minimum Gasteiger partial charge on any atom is -0.479 e. The molecule has 144 valence electrons. The van der Waals surface area contributed by atoms with Gasteiger partial charge in [-0.2, -0.15) is 5.26 Å². The van der Waals surface area contributed by atoms with Crippen LogP contribution in [0, 0.1) is 11.3 Å². The van der Waals surface area contributed by atoms with Gasteiger partial charge in [0.15, 0.2) is 11.7 Å². The number of nitrogens with one attached hydrogen (secondary N) is 1. The van der Waals surface area contributed by atoms with E-state index >= 15 is 0 Å². The van der Waals surface area contributed by atoms with Crippen LogP contribution in [-0.2, 0) is 14.3 Å². The Balaban J connectivity index is 2.42. The Hall–Kier alpha value is -2.63. The smallest absolute Gasteiger partial charge is 0.337 e. The van der Waals surface area contributed by atoms with Crippen molar-refractivity contribution in [1.29, 1.82) is 5.26 Å². The number of methoxy groups -OCH3 is 2. The Morgan fingerprint density at radius 1 is 1.37 bits per heavy atom. The van der Waals surface area contributed by atoms with Crippen LogP contribution in [0.25, 0.3) is 0 Å². The Kier molecular flexibility index (Phi) is 7.16. The molecule has 1 aliphatic rings. The fourth-order valence-electron chi connectivity index (χ4n) is 3.10. The van der Waals surface area contributed by atoms with Gasteiger partial charge in [-0.1, -0.05) is 12.1 Å². The molecule has 2 rings (SSSR count). The zero-order valence-corrected chi connectivity index (χ0v) is 16.6. The lowest BCUT2D eigenvalue weighted by Gasteiger charge is -2.40. The second-order valence-corrected chi connectivity index (χ2v) is 6.45. The summed E-state index contributed by atoms with van der Waals surface area (Å²) >= 11 is 5.54. The number of esters is 1. The average Bonchev–Trinajstić information content (AvgIpc) is 2.66. The fraction of sp³-hybridized carbons (Fsp3) is 0.421. The third-order valence-corrected chi connectivity index (χ3v) is 4.61. The lowest BCUT2D eigenvalue weighted by Crippen LogP contribution is -2.52. The maximum Gasteiger partial charge on any atom is 0.337 e. The van der Waals surface area contributed by atoms with E-state index in [2.05, 4.69) is 5.32 Å². The monoisotopic (exact) mass is 389 g/mol. The molecule has 8 heteroatoms. The SMILES string of the molecule is COC[C@@H](C)N1C(=S)N[C@@H](c2ccc(OCC#N)cc2)C(C(=O)OC)=C1C. The lowest BCUT2D eigenvalue weighted by molar-refractivity contribution is -0.136. The molecule has 0 aliphatic carbocycles. The van der Waals surface area contributed by atoms with Gasteiger partial charge in [0.2, 0.25) is 0 Å². The van der Waals surface area contributed by atoms with Gasteiger partial charge in [-0.25, -0.2) is 4.79 Å². The minimum absolute atomic E-state index is 0.0239. The van der Waals surface area contributed by atoms with Gasteiger partial charge in [-0.3, -0.25) is 0 Å². The molecule has 0 unspecified atom stereocenters. The van der Waals surface area contributed by atoms with Crippen LogP contribution in [0.4, 0.5) is 0 Å². The second-order valence-electron chi connectivity index (χ2n) is 6.06. The van der Waals surface area contributed by atoms with Crippen molar-refractivity contribution < 1.29 is 19.0 Å². The van der Waals surface area contributed by atoms with Crippen LogP contribution >= 0.6 is 12.2 Å². The van der Waals surface area contributed by atoms with E-state index in [4.69, 9.17) is 31.7 Å². The van der Waals surface area contributed by atoms with Gasteiger partial charge in [0.05, 0.1) is 31.4 Å². The first-order valence-corrected chi connectivity index (χ1v) is 8.82. The molecule has 0 bridgehead atoms. The number of carbonyl (C=O) groups excluding carboxylic acids is 1. The predicted octanol–water partition coefficient (Wildman–Crippen LogP) is 2.30. The summed E-state index contributed by atoms with van der Waals surface area (Å²) in [5.74, 6) is 0.154. The third kappa shape index (κ3) is 4.56. The first-order valence-electron chi connectivity index (χ1n) is 8.42. The maximum absolute atomic E-state index is 12.5. The summed E-state index contributed by atoms with van der Waals surface area (Å²) in [5, 5.41) is 12.3. The number of nitrogens with zero attached hydrogens (tertiary/aromatic N) is 2. The van der Waals surface area contributed by atoms with Crippen LogP contribution in [0.5, 0.6) is 5.75 Å². The molecule has 0 amide bonds. The summed E-state index contributed by atoms with van der Waals surface area (Å²) in [6, 6.07) is 8.60. The molecule has 2 atom stereocenters. The van der Waals surface area contributed by atoms with E-state index in [0.717, 1.165) is 11.3 Å². The number of thiocarbonyl (C=S) groups is 1. The van der Waals surface area contributed by atoms with Crippen molar-refractivity contribution in [2.45, 2.75) is 25.9 Å². The van der Waals surface area contributed by atoms with Crippen molar-refractivity contribution in [2.75, 3.05) is 27.4 Å². The van der Waals surface area contributed by atoms with E-state index in [1.807, 2.05) is 36.9 Å². The standard InChI is InChI=1S/C19H23N3O4S/c1-12(11-24-3)22-13(2)16(18(23)25-4)17(21-19(22)27)14-5-7-15(8-6-14)26-10-9-20/h5-8,12,17H,10-11H2,1-4H3,(H,21,27)/t12-,17+/m1/s1. The summed E-state index contributed by atoms with van der Waals surface area (Å²) in [5.41, 5.74) is 2.05. The maximum atomic E-state index is 12.5. The summed E-state index contributed by atoms with van der Waals surface area (Å²) in [6.07, 6.45) is 0. The van der Waals surface area contributed by atoms with Gasteiger partial charge in [-0.05, 0) is 43.8 Å². The fourth-order valence-corrected chi connectivity index (χ4v) is 3.53. The van der Waals surface area contributed by atoms with Crippen molar-refractivity contribution in [1.82, 2.24) is 10.2 Å². The van der Waals surface area contributed by atoms with Crippen molar-refractivity contribution in [2.24, 2.45) is 0 Å². The van der Waals surface area contributed by atoms with Crippen LogP contribution in [0.2, 0.25) is 0 Å². The quantitative estimate of drug-likeness (QED) is 0.562. The number of ether oxygens (including phenoxy) is 3. The molecule has 7 nitrogen and oxygen atoms in total. The van der Waals surface area contributed by atoms with E-state index in [0.29, 0.717) is 23.0 Å². The number of rotatable bonds is 7. The largest absolute Gasteiger partial charge is 0.479 e. The molecule has 1 N–H and O–H groups in total. The van der Waals surface area contributed by atoms with Gasteiger partial charge in [0.25, 0.3) is 0 Å². The number of hydrogen-bond donors (Lipinski definition) is 1. The first kappa shape index (κ1) is 20.7. The lowest BCUT2D eigenvalue weighted by atomic mass is 9.94. The first-order chi connectivity index (χ1) is 12.9. The van der Waals surface area contributed by atoms with Gasteiger partial charge < -0.3 is 24.4 Å². The zero-order chi connectivity index (χ0) is 20.0. The number of nitriles is 1. The molecule has 0 radical (unpaired) electrons. The molecule has 1 aliphatic heterocycles. The van der Waals surface area contributed by atoms with Crippen LogP contribution in [0.15, 0.2) is 35.5 Å². The highest BCUT2D eigenvalue weighted by atomic mass is 32.1. The highest BCUT2D eigenvalue weighted by Gasteiger charge is 2.36. The second kappa shape index (κ2) is 9.35. The van der Waals surface area contributed by atoms with E-state index in [1.54, 1.807) is 19.2 Å². The summed E-state index contributed by atoms with van der Waals surface area (Å²) in [6.45, 7) is 4.26. The van der Waals surface area contributed by atoms with E-state index in [-0.39, 0.29) is 12.6 Å². The number of allylic oxidation sites excluding steroid dienone is 1. The average molecular weight is 389 g/mol. The van der Waals surface area contributed by atoms with E-state index in [1.165, 1.54) is 7.11 Å². The molecule has 1 aromatic rings. The van der Waals surface area contributed by atoms with Crippen molar-refractivity contribution in [3.05, 3.63) is 41.1 Å². The number of carbonyl (C=O) groups is 1. The third-order valence-electron chi connectivity index (χ3n) is 4.30. The summed E-state index contributed by atoms with van der Waals surface area (Å²) in [7, 11) is 2.98. The molecular weight excluding hydrogens is 366 g/mol. The highest BCUT2D eigenvalue weighted by Crippen LogP contribution is 2.33. The Labute approximate surface area is 164 Å². The molecule has 27 heavy (non-hydrogen) atoms. The molecule has 0 saturated carbocycles. The number of benzene rings is 1. The molecule has 1 heterocycles. The van der Waals surface area contributed by atoms with Crippen molar-refractivity contribution in [3.8, 4) is 11.8 Å². The topological polar surface area (TPSA) is 83.8 Å². The molecule has 0 fully saturated rings. The molecule has 1 aromatic carbocycles. The van der Waals surface area contributed by atoms with Crippen LogP contribution in [0.1, 0.15) is 25.5 Å². The van der Waals surface area contributed by atoms with E-state index < -0.39 is 12.0 Å². The van der Waals surface area contributed by atoms with Crippen LogP contribution in [0.3, 0.4) is 0 Å². The molecule has 0 aromatic heterocycles. The Morgan fingerprint density at radius 2 is 2.04 bits per heavy atom. The predicted molar refractivity (Wildman–Crippen MR) is 104 cm³/mol. The van der Waals surface area contributed by atoms with Crippen molar-refractivity contribution in [3.63, 3.8) is 0 Å². The highest BCUT2D eigenvalue weighted by molar-refractivity contribution is 7.80. The molecular formula is C19H23N3O4S. The van der Waals surface area contributed by atoms with Crippen LogP contribution < -0.4 is 10.1 Å². The number of hydrogen-bond acceptors (Lipinski definition) is 6. The summed E-state index contributed by atoms with van der Waals surface area (Å²) < 4.78 is 15.5. The summed E-state index contributed by atoms with van der Waals surface area (Å²) in [4.78, 5) is 14.4. The van der Waals surface area contributed by atoms with Gasteiger partial charge in [-0.15, -0.1) is 0 Å². The van der Waals surface area contributed by atoms with Gasteiger partial charge >= 0.3 is 5.97 Å². The minimum atomic E-state index is -0.444. The molecule has 0 spiro atoms. The Bertz CT molecular complexity index is 770.